The van der Waals surface area contributed by atoms with Crippen molar-refractivity contribution >= 4 is 39.1 Å². The standard InChI is InChI=1S/C20H21ClN2OS/c1-4-23-17-10-9-16(21)12-18(17)25-20(23)22-19(24)11-14-5-7-15(8-6-14)13(2)3/h5-10,12-13H,4,11H2,1-3H3. The molecule has 1 aromatic heterocycles. The number of hydrogen-bond donors (Lipinski definition) is 0. The second kappa shape index (κ2) is 7.54. The average Bonchev–Trinajstić information content (AvgIpc) is 2.90. The molecule has 130 valence electrons. The highest BCUT2D eigenvalue weighted by Gasteiger charge is 2.08. The third-order valence-electron chi connectivity index (χ3n) is 4.18. The lowest BCUT2D eigenvalue weighted by atomic mass is 10.0. The van der Waals surface area contributed by atoms with E-state index >= 15 is 0 Å². The minimum Gasteiger partial charge on any atom is -0.317 e. The third-order valence-corrected chi connectivity index (χ3v) is 5.46. The summed E-state index contributed by atoms with van der Waals surface area (Å²) >= 11 is 7.57. The van der Waals surface area contributed by atoms with E-state index < -0.39 is 0 Å². The summed E-state index contributed by atoms with van der Waals surface area (Å²) in [5, 5.41) is 0.695. The number of halogens is 1. The smallest absolute Gasteiger partial charge is 0.252 e. The van der Waals surface area contributed by atoms with Gasteiger partial charge in [-0.05, 0) is 42.2 Å². The highest BCUT2D eigenvalue weighted by Crippen LogP contribution is 2.22. The van der Waals surface area contributed by atoms with Crippen LogP contribution in [0.1, 0.15) is 37.8 Å². The lowest BCUT2D eigenvalue weighted by Crippen LogP contribution is -2.16. The Bertz CT molecular complexity index is 968. The van der Waals surface area contributed by atoms with E-state index in [1.807, 2.05) is 30.3 Å². The van der Waals surface area contributed by atoms with Crippen LogP contribution >= 0.6 is 22.9 Å². The van der Waals surface area contributed by atoms with Gasteiger partial charge in [0.25, 0.3) is 5.91 Å². The number of carbonyl (C=O) groups is 1. The third kappa shape index (κ3) is 4.02. The monoisotopic (exact) mass is 372 g/mol. The first kappa shape index (κ1) is 17.9. The number of aromatic nitrogens is 1. The van der Waals surface area contributed by atoms with Crippen LogP contribution in [0.4, 0.5) is 0 Å². The van der Waals surface area contributed by atoms with Crippen molar-refractivity contribution in [2.24, 2.45) is 4.99 Å². The summed E-state index contributed by atoms with van der Waals surface area (Å²) in [5.41, 5.74) is 3.33. The van der Waals surface area contributed by atoms with Gasteiger partial charge in [-0.15, -0.1) is 0 Å². The van der Waals surface area contributed by atoms with Gasteiger partial charge in [0, 0.05) is 11.6 Å². The van der Waals surface area contributed by atoms with Crippen molar-refractivity contribution < 1.29 is 4.79 Å². The first-order chi connectivity index (χ1) is 12.0. The molecule has 3 nitrogen and oxygen atoms in total. The van der Waals surface area contributed by atoms with Crippen molar-refractivity contribution in [2.45, 2.75) is 39.7 Å². The molecule has 0 bridgehead atoms. The van der Waals surface area contributed by atoms with Crippen LogP contribution in [0.15, 0.2) is 47.5 Å². The predicted octanol–water partition coefficient (Wildman–Crippen LogP) is 5.17. The Kier molecular flexibility index (Phi) is 5.40. The summed E-state index contributed by atoms with van der Waals surface area (Å²) in [6, 6.07) is 14.0. The molecular weight excluding hydrogens is 352 g/mol. The van der Waals surface area contributed by atoms with Crippen molar-refractivity contribution in [3.63, 3.8) is 0 Å². The predicted molar refractivity (Wildman–Crippen MR) is 105 cm³/mol. The van der Waals surface area contributed by atoms with Gasteiger partial charge in [-0.1, -0.05) is 61.1 Å². The van der Waals surface area contributed by atoms with Gasteiger partial charge in [0.15, 0.2) is 4.80 Å². The first-order valence-electron chi connectivity index (χ1n) is 8.43. The fraction of sp³-hybridized carbons (Fsp3) is 0.300. The van der Waals surface area contributed by atoms with Crippen LogP contribution in [0.5, 0.6) is 0 Å². The SMILES string of the molecule is CCn1c(=NC(=O)Cc2ccc(C(C)C)cc2)sc2cc(Cl)ccc21. The number of thiazole rings is 1. The van der Waals surface area contributed by atoms with Crippen LogP contribution in [0, 0.1) is 0 Å². The van der Waals surface area contributed by atoms with Crippen LogP contribution in [-0.4, -0.2) is 10.5 Å². The molecule has 0 unspecified atom stereocenters. The molecule has 1 amide bonds. The van der Waals surface area contributed by atoms with E-state index in [4.69, 9.17) is 11.6 Å². The van der Waals surface area contributed by atoms with E-state index in [9.17, 15) is 4.79 Å². The number of nitrogens with zero attached hydrogens (tertiary/aromatic N) is 2. The molecule has 5 heteroatoms. The second-order valence-electron chi connectivity index (χ2n) is 6.32. The molecule has 0 atom stereocenters. The summed E-state index contributed by atoms with van der Waals surface area (Å²) in [4.78, 5) is 17.5. The van der Waals surface area contributed by atoms with Gasteiger partial charge in [-0.2, -0.15) is 4.99 Å². The van der Waals surface area contributed by atoms with E-state index in [2.05, 4.69) is 42.5 Å². The molecule has 0 aliphatic rings. The molecule has 0 N–H and O–H groups in total. The van der Waals surface area contributed by atoms with Crippen molar-refractivity contribution in [1.82, 2.24) is 4.57 Å². The van der Waals surface area contributed by atoms with Crippen LogP contribution in [-0.2, 0) is 17.8 Å². The molecule has 0 aliphatic heterocycles. The quantitative estimate of drug-likeness (QED) is 0.622. The van der Waals surface area contributed by atoms with Gasteiger partial charge in [-0.3, -0.25) is 4.79 Å². The van der Waals surface area contributed by atoms with Gasteiger partial charge >= 0.3 is 0 Å². The molecular formula is C20H21ClN2OS. The zero-order valence-electron chi connectivity index (χ0n) is 14.6. The molecule has 3 aromatic rings. The molecule has 0 aliphatic carbocycles. The van der Waals surface area contributed by atoms with Gasteiger partial charge < -0.3 is 4.57 Å². The summed E-state index contributed by atoms with van der Waals surface area (Å²) in [6.07, 6.45) is 0.317. The Morgan fingerprint density at radius 3 is 2.56 bits per heavy atom. The molecule has 25 heavy (non-hydrogen) atoms. The Labute approximate surface area is 156 Å². The Morgan fingerprint density at radius 1 is 1.20 bits per heavy atom. The highest BCUT2D eigenvalue weighted by molar-refractivity contribution is 7.16. The van der Waals surface area contributed by atoms with E-state index in [1.165, 1.54) is 16.9 Å². The van der Waals surface area contributed by atoms with Gasteiger partial charge in [0.2, 0.25) is 0 Å². The number of carbonyl (C=O) groups excluding carboxylic acids is 1. The van der Waals surface area contributed by atoms with Crippen molar-refractivity contribution in [1.29, 1.82) is 0 Å². The average molecular weight is 373 g/mol. The number of fused-ring (bicyclic) bond motifs is 1. The number of aryl methyl sites for hydroxylation is 1. The lowest BCUT2D eigenvalue weighted by Gasteiger charge is -2.05. The number of amides is 1. The summed E-state index contributed by atoms with van der Waals surface area (Å²) in [6.45, 7) is 7.13. The molecule has 0 saturated heterocycles. The Balaban J connectivity index is 1.89. The summed E-state index contributed by atoms with van der Waals surface area (Å²) in [7, 11) is 0. The van der Waals surface area contributed by atoms with Crippen LogP contribution in [0.25, 0.3) is 10.2 Å². The summed E-state index contributed by atoms with van der Waals surface area (Å²) in [5.74, 6) is 0.362. The van der Waals surface area contributed by atoms with Crippen molar-refractivity contribution in [3.05, 3.63) is 63.4 Å². The van der Waals surface area contributed by atoms with E-state index in [-0.39, 0.29) is 5.91 Å². The van der Waals surface area contributed by atoms with Crippen molar-refractivity contribution in [2.75, 3.05) is 0 Å². The fourth-order valence-electron chi connectivity index (χ4n) is 2.78. The second-order valence-corrected chi connectivity index (χ2v) is 7.77. The largest absolute Gasteiger partial charge is 0.317 e. The van der Waals surface area contributed by atoms with Gasteiger partial charge in [0.1, 0.15) is 0 Å². The first-order valence-corrected chi connectivity index (χ1v) is 9.62. The topological polar surface area (TPSA) is 34.4 Å². The van der Waals surface area contributed by atoms with E-state index in [0.717, 1.165) is 27.1 Å². The molecule has 1 heterocycles. The maximum atomic E-state index is 12.4. The zero-order valence-corrected chi connectivity index (χ0v) is 16.2. The number of benzene rings is 2. The molecule has 0 radical (unpaired) electrons. The Morgan fingerprint density at radius 2 is 1.92 bits per heavy atom. The highest BCUT2D eigenvalue weighted by atomic mass is 35.5. The number of hydrogen-bond acceptors (Lipinski definition) is 2. The van der Waals surface area contributed by atoms with E-state index in [0.29, 0.717) is 17.4 Å². The van der Waals surface area contributed by atoms with Gasteiger partial charge in [0.05, 0.1) is 16.6 Å². The normalized spacial score (nSPS) is 12.3. The molecule has 2 aromatic carbocycles. The maximum Gasteiger partial charge on any atom is 0.252 e. The fourth-order valence-corrected chi connectivity index (χ4v) is 4.17. The maximum absolute atomic E-state index is 12.4. The Hall–Kier alpha value is -1.91. The minimum absolute atomic E-state index is 0.128. The minimum atomic E-state index is -0.128. The van der Waals surface area contributed by atoms with Crippen LogP contribution < -0.4 is 4.80 Å². The molecule has 0 fully saturated rings. The zero-order chi connectivity index (χ0) is 18.0. The number of rotatable bonds is 4. The molecule has 0 saturated carbocycles. The van der Waals surface area contributed by atoms with Gasteiger partial charge in [-0.25, -0.2) is 0 Å². The van der Waals surface area contributed by atoms with E-state index in [1.54, 1.807) is 0 Å². The summed E-state index contributed by atoms with van der Waals surface area (Å²) < 4.78 is 3.10. The van der Waals surface area contributed by atoms with Crippen LogP contribution in [0.3, 0.4) is 0 Å². The molecule has 0 spiro atoms. The van der Waals surface area contributed by atoms with Crippen LogP contribution in [0.2, 0.25) is 5.02 Å². The molecule has 3 rings (SSSR count). The van der Waals surface area contributed by atoms with Crippen molar-refractivity contribution in [3.8, 4) is 0 Å². The lowest BCUT2D eigenvalue weighted by molar-refractivity contribution is -0.117.